The third kappa shape index (κ3) is 5.20. The zero-order valence-corrected chi connectivity index (χ0v) is 7.80. The first kappa shape index (κ1) is 10.9. The Morgan fingerprint density at radius 3 is 2.45 bits per heavy atom. The molecule has 0 saturated carbocycles. The highest BCUT2D eigenvalue weighted by Crippen LogP contribution is 2.27. The SMILES string of the molecule is C#CCCOC(=N)C(Cl)(Cl)Cl. The Hall–Kier alpha value is -0.100. The summed E-state index contributed by atoms with van der Waals surface area (Å²) in [7, 11) is 0. The minimum Gasteiger partial charge on any atom is -0.477 e. The van der Waals surface area contributed by atoms with Crippen LogP contribution in [0.15, 0.2) is 0 Å². The molecule has 0 aromatic heterocycles. The van der Waals surface area contributed by atoms with Gasteiger partial charge in [0.2, 0.25) is 5.90 Å². The molecular formula is C6H6Cl3NO. The van der Waals surface area contributed by atoms with Crippen molar-refractivity contribution >= 4 is 40.7 Å². The first-order chi connectivity index (χ1) is 4.98. The summed E-state index contributed by atoms with van der Waals surface area (Å²) < 4.78 is 2.91. The van der Waals surface area contributed by atoms with Gasteiger partial charge in [0.05, 0.1) is 0 Å². The Kier molecular flexibility index (Phi) is 4.67. The second-order valence-electron chi connectivity index (χ2n) is 1.63. The van der Waals surface area contributed by atoms with Crippen LogP contribution in [-0.2, 0) is 4.74 Å². The van der Waals surface area contributed by atoms with E-state index in [1.165, 1.54) is 0 Å². The van der Waals surface area contributed by atoms with E-state index in [0.29, 0.717) is 6.42 Å². The van der Waals surface area contributed by atoms with Crippen molar-refractivity contribution in [1.82, 2.24) is 0 Å². The Balaban J connectivity index is 3.64. The van der Waals surface area contributed by atoms with Gasteiger partial charge in [0.1, 0.15) is 6.61 Å². The lowest BCUT2D eigenvalue weighted by Crippen LogP contribution is -2.21. The number of nitrogens with one attached hydrogen (secondary N) is 1. The number of hydrogen-bond acceptors (Lipinski definition) is 2. The van der Waals surface area contributed by atoms with Gasteiger partial charge in [0.15, 0.2) is 0 Å². The summed E-state index contributed by atoms with van der Waals surface area (Å²) >= 11 is 15.9. The van der Waals surface area contributed by atoms with Crippen molar-refractivity contribution in [2.75, 3.05) is 6.61 Å². The number of rotatable bonds is 2. The van der Waals surface area contributed by atoms with Gasteiger partial charge in [-0.15, -0.1) is 12.3 Å². The van der Waals surface area contributed by atoms with Crippen LogP contribution in [0.2, 0.25) is 0 Å². The third-order valence-electron chi connectivity index (χ3n) is 0.750. The Morgan fingerprint density at radius 2 is 2.09 bits per heavy atom. The van der Waals surface area contributed by atoms with E-state index in [-0.39, 0.29) is 6.61 Å². The molecule has 0 spiro atoms. The second kappa shape index (κ2) is 4.71. The minimum absolute atomic E-state index is 0.198. The van der Waals surface area contributed by atoms with Crippen LogP contribution in [0.1, 0.15) is 6.42 Å². The highest BCUT2D eigenvalue weighted by molar-refractivity contribution is 6.75. The number of hydrogen-bond donors (Lipinski definition) is 1. The molecule has 0 saturated heterocycles. The number of ether oxygens (including phenoxy) is 1. The quantitative estimate of drug-likeness (QED) is 0.247. The lowest BCUT2D eigenvalue weighted by molar-refractivity contribution is 0.305. The number of alkyl halides is 3. The predicted molar refractivity (Wildman–Crippen MR) is 47.4 cm³/mol. The first-order valence-electron chi connectivity index (χ1n) is 2.70. The predicted octanol–water partition coefficient (Wildman–Crippen LogP) is 2.37. The topological polar surface area (TPSA) is 33.1 Å². The Bertz CT molecular complexity index is 179. The average molecular weight is 214 g/mol. The molecule has 0 heterocycles. The van der Waals surface area contributed by atoms with E-state index in [9.17, 15) is 0 Å². The molecule has 2 nitrogen and oxygen atoms in total. The van der Waals surface area contributed by atoms with Crippen LogP contribution in [0.25, 0.3) is 0 Å². The van der Waals surface area contributed by atoms with E-state index >= 15 is 0 Å². The standard InChI is InChI=1S/C6H6Cl3NO/c1-2-3-4-11-5(10)6(7,8)9/h1,10H,3-4H2. The van der Waals surface area contributed by atoms with Crippen LogP contribution < -0.4 is 0 Å². The van der Waals surface area contributed by atoms with Gasteiger partial charge in [-0.1, -0.05) is 34.8 Å². The summed E-state index contributed by atoms with van der Waals surface area (Å²) in [5.41, 5.74) is 0. The molecule has 0 aliphatic heterocycles. The monoisotopic (exact) mass is 213 g/mol. The normalized spacial score (nSPS) is 10.4. The highest BCUT2D eigenvalue weighted by atomic mass is 35.6. The van der Waals surface area contributed by atoms with Crippen molar-refractivity contribution in [3.05, 3.63) is 0 Å². The molecule has 0 aromatic carbocycles. The van der Waals surface area contributed by atoms with Crippen LogP contribution >= 0.6 is 34.8 Å². The summed E-state index contributed by atoms with van der Waals surface area (Å²) in [6.45, 7) is 0.198. The summed E-state index contributed by atoms with van der Waals surface area (Å²) in [6.07, 6.45) is 5.32. The maximum absolute atomic E-state index is 7.03. The molecule has 0 unspecified atom stereocenters. The zero-order valence-electron chi connectivity index (χ0n) is 5.53. The lowest BCUT2D eigenvalue weighted by Gasteiger charge is -2.12. The van der Waals surface area contributed by atoms with Gasteiger partial charge in [0.25, 0.3) is 3.79 Å². The van der Waals surface area contributed by atoms with Crippen molar-refractivity contribution in [3.8, 4) is 12.3 Å². The maximum Gasteiger partial charge on any atom is 0.265 e. The third-order valence-corrected chi connectivity index (χ3v) is 1.27. The zero-order chi connectivity index (χ0) is 8.91. The summed E-state index contributed by atoms with van der Waals surface area (Å²) in [6, 6.07) is 0. The molecule has 5 heteroatoms. The van der Waals surface area contributed by atoms with Crippen molar-refractivity contribution in [2.24, 2.45) is 0 Å². The van der Waals surface area contributed by atoms with E-state index in [4.69, 9.17) is 51.4 Å². The molecule has 11 heavy (non-hydrogen) atoms. The first-order valence-corrected chi connectivity index (χ1v) is 3.84. The lowest BCUT2D eigenvalue weighted by atomic mass is 10.5. The maximum atomic E-state index is 7.03. The fraction of sp³-hybridized carbons (Fsp3) is 0.500. The van der Waals surface area contributed by atoms with Crippen LogP contribution in [0, 0.1) is 17.8 Å². The minimum atomic E-state index is -1.78. The molecule has 1 N–H and O–H groups in total. The van der Waals surface area contributed by atoms with Crippen LogP contribution in [0.5, 0.6) is 0 Å². The van der Waals surface area contributed by atoms with Crippen molar-refractivity contribution < 1.29 is 4.74 Å². The summed E-state index contributed by atoms with van der Waals surface area (Å²) in [5.74, 6) is 1.92. The van der Waals surface area contributed by atoms with Gasteiger partial charge in [-0.25, -0.2) is 0 Å². The van der Waals surface area contributed by atoms with E-state index in [1.807, 2.05) is 0 Å². The van der Waals surface area contributed by atoms with Gasteiger partial charge in [-0.2, -0.15) is 0 Å². The van der Waals surface area contributed by atoms with E-state index in [2.05, 4.69) is 5.92 Å². The van der Waals surface area contributed by atoms with Crippen LogP contribution in [0.3, 0.4) is 0 Å². The van der Waals surface area contributed by atoms with Gasteiger partial charge in [-0.05, 0) is 0 Å². The molecule has 0 rings (SSSR count). The smallest absolute Gasteiger partial charge is 0.265 e. The molecule has 0 atom stereocenters. The van der Waals surface area contributed by atoms with Gasteiger partial charge in [-0.3, -0.25) is 5.41 Å². The van der Waals surface area contributed by atoms with Crippen LogP contribution in [0.4, 0.5) is 0 Å². The molecule has 62 valence electrons. The molecule has 0 aliphatic carbocycles. The molecular weight excluding hydrogens is 208 g/mol. The van der Waals surface area contributed by atoms with E-state index in [0.717, 1.165) is 0 Å². The molecule has 0 amide bonds. The Morgan fingerprint density at radius 1 is 1.55 bits per heavy atom. The Labute approximate surface area is 80.3 Å². The van der Waals surface area contributed by atoms with Crippen molar-refractivity contribution in [1.29, 1.82) is 5.41 Å². The summed E-state index contributed by atoms with van der Waals surface area (Å²) in [5, 5.41) is 7.03. The van der Waals surface area contributed by atoms with E-state index < -0.39 is 9.69 Å². The highest BCUT2D eigenvalue weighted by Gasteiger charge is 2.28. The van der Waals surface area contributed by atoms with Gasteiger partial charge in [0, 0.05) is 6.42 Å². The number of halogens is 3. The summed E-state index contributed by atoms with van der Waals surface area (Å²) in [4.78, 5) is 0. The van der Waals surface area contributed by atoms with E-state index in [1.54, 1.807) is 0 Å². The fourth-order valence-electron chi connectivity index (χ4n) is 0.294. The fourth-order valence-corrected chi connectivity index (χ4v) is 0.458. The molecule has 0 radical (unpaired) electrons. The van der Waals surface area contributed by atoms with Crippen molar-refractivity contribution in [3.63, 3.8) is 0 Å². The van der Waals surface area contributed by atoms with Gasteiger partial charge >= 0.3 is 0 Å². The molecule has 0 aliphatic rings. The number of terminal acetylenes is 1. The molecule has 0 fully saturated rings. The molecule has 0 bridgehead atoms. The van der Waals surface area contributed by atoms with Crippen molar-refractivity contribution in [2.45, 2.75) is 10.2 Å². The van der Waals surface area contributed by atoms with Crippen LogP contribution in [-0.4, -0.2) is 16.3 Å². The second-order valence-corrected chi connectivity index (χ2v) is 3.91. The van der Waals surface area contributed by atoms with Gasteiger partial charge < -0.3 is 4.74 Å². The largest absolute Gasteiger partial charge is 0.477 e. The molecule has 0 aromatic rings. The average Bonchev–Trinajstić information content (AvgIpc) is 1.86.